The molecule has 2 unspecified atom stereocenters. The van der Waals surface area contributed by atoms with Crippen LogP contribution in [0.5, 0.6) is 0 Å². The first-order valence-corrected chi connectivity index (χ1v) is 6.24. The summed E-state index contributed by atoms with van der Waals surface area (Å²) >= 11 is 0. The molecule has 0 saturated carbocycles. The van der Waals surface area contributed by atoms with Crippen molar-refractivity contribution in [1.29, 1.82) is 0 Å². The van der Waals surface area contributed by atoms with Crippen LogP contribution in [0.15, 0.2) is 54.1 Å². The van der Waals surface area contributed by atoms with Crippen molar-refractivity contribution in [2.24, 2.45) is 0 Å². The van der Waals surface area contributed by atoms with Crippen molar-refractivity contribution >= 4 is 11.9 Å². The van der Waals surface area contributed by atoms with Gasteiger partial charge in [0.2, 0.25) is 5.54 Å². The third-order valence-corrected chi connectivity index (χ3v) is 3.45. The van der Waals surface area contributed by atoms with Gasteiger partial charge < -0.3 is 5.11 Å². The van der Waals surface area contributed by atoms with Gasteiger partial charge >= 0.3 is 6.03 Å². The van der Waals surface area contributed by atoms with Gasteiger partial charge in [-0.25, -0.2) is 4.79 Å². The van der Waals surface area contributed by atoms with E-state index in [1.165, 1.54) is 0 Å². The van der Waals surface area contributed by atoms with Crippen LogP contribution in [0.1, 0.15) is 5.56 Å². The molecule has 1 fully saturated rings. The van der Waals surface area contributed by atoms with Crippen molar-refractivity contribution in [2.75, 3.05) is 0 Å². The summed E-state index contributed by atoms with van der Waals surface area (Å²) in [5.74, 6) is -0.422. The number of nitrogens with one attached hydrogen (secondary N) is 2. The molecule has 3 amide bonds. The zero-order chi connectivity index (χ0) is 14.2. The number of imide groups is 1. The largest absolute Gasteiger partial charge is 0.367 e. The monoisotopic (exact) mass is 269 g/mol. The smallest absolute Gasteiger partial charge is 0.324 e. The van der Waals surface area contributed by atoms with Crippen molar-refractivity contribution in [2.45, 2.75) is 11.6 Å². The zero-order valence-electron chi connectivity index (χ0n) is 10.5. The molecule has 1 aliphatic carbocycles. The fourth-order valence-corrected chi connectivity index (χ4v) is 2.49. The highest BCUT2D eigenvalue weighted by atomic mass is 16.3. The number of rotatable bonds is 2. The maximum absolute atomic E-state index is 12.3. The molecule has 1 aliphatic heterocycles. The number of aliphatic hydroxyl groups excluding tert-OH is 1. The van der Waals surface area contributed by atoms with Crippen LogP contribution in [-0.2, 0) is 10.3 Å². The summed E-state index contributed by atoms with van der Waals surface area (Å²) in [4.78, 5) is 23.9. The van der Waals surface area contributed by atoms with Gasteiger partial charge in [-0.05, 0) is 6.08 Å². The molecule has 3 rings (SSSR count). The Kier molecular flexibility index (Phi) is 2.84. The highest BCUT2D eigenvalue weighted by Gasteiger charge is 2.54. The van der Waals surface area contributed by atoms with Gasteiger partial charge in [-0.1, -0.05) is 30.3 Å². The first kappa shape index (κ1) is 12.5. The first-order chi connectivity index (χ1) is 9.63. The number of aliphatic hydroxyl groups is 1. The van der Waals surface area contributed by atoms with E-state index in [-0.39, 0.29) is 0 Å². The maximum Gasteiger partial charge on any atom is 0.324 e. The van der Waals surface area contributed by atoms with Gasteiger partial charge in [-0.15, -0.1) is 0 Å². The van der Waals surface area contributed by atoms with Crippen LogP contribution >= 0.6 is 0 Å². The Bertz CT molecular complexity index is 621. The molecule has 1 saturated heterocycles. The number of carbonyl (C=O) groups excluding carboxylic acids is 2. The molecule has 20 heavy (non-hydrogen) atoms. The fourth-order valence-electron chi connectivity index (χ4n) is 2.49. The van der Waals surface area contributed by atoms with Crippen molar-refractivity contribution in [1.82, 2.24) is 10.6 Å². The molecular weight excluding hydrogens is 256 g/mol. The lowest BCUT2D eigenvalue weighted by Crippen LogP contribution is -2.45. The Hall–Kier alpha value is -2.53. The van der Waals surface area contributed by atoms with E-state index >= 15 is 0 Å². The molecule has 5 nitrogen and oxygen atoms in total. The number of urea groups is 1. The Morgan fingerprint density at radius 2 is 1.95 bits per heavy atom. The van der Waals surface area contributed by atoms with E-state index in [2.05, 4.69) is 10.6 Å². The molecule has 2 aliphatic rings. The highest BCUT2D eigenvalue weighted by Crippen LogP contribution is 2.35. The molecule has 100 valence electrons. The van der Waals surface area contributed by atoms with Crippen LogP contribution in [0.3, 0.4) is 0 Å². The molecule has 3 N–H and O–H groups in total. The predicted molar refractivity (Wildman–Crippen MR) is 72.3 cm³/mol. The summed E-state index contributed by atoms with van der Waals surface area (Å²) in [6.07, 6.45) is 5.77. The summed E-state index contributed by atoms with van der Waals surface area (Å²) < 4.78 is 0. The highest BCUT2D eigenvalue weighted by molar-refractivity contribution is 6.09. The molecule has 0 aromatic heterocycles. The van der Waals surface area contributed by atoms with E-state index in [0.29, 0.717) is 11.1 Å². The summed E-state index contributed by atoms with van der Waals surface area (Å²) in [5, 5.41) is 14.4. The minimum absolute atomic E-state index is 0.422. The SMILES string of the molecule is O=C1NC(=O)C(C2=C[CH+]C(O)C=C2)(c2ccccc2)N1. The Morgan fingerprint density at radius 1 is 1.20 bits per heavy atom. The van der Waals surface area contributed by atoms with Crippen molar-refractivity contribution in [3.05, 3.63) is 66.1 Å². The number of amides is 3. The molecular formula is C15H13N2O3+. The van der Waals surface area contributed by atoms with Crippen molar-refractivity contribution in [3.8, 4) is 0 Å². The molecule has 1 aromatic rings. The molecule has 2 atom stereocenters. The van der Waals surface area contributed by atoms with E-state index in [1.54, 1.807) is 48.9 Å². The summed E-state index contributed by atoms with van der Waals surface area (Å²) in [6, 6.07) is 8.49. The van der Waals surface area contributed by atoms with Crippen LogP contribution in [0, 0.1) is 6.42 Å². The van der Waals surface area contributed by atoms with Gasteiger partial charge in [0, 0.05) is 11.6 Å². The van der Waals surface area contributed by atoms with Crippen molar-refractivity contribution in [3.63, 3.8) is 0 Å². The maximum atomic E-state index is 12.3. The standard InChI is InChI=1S/C15H12N2O3/c18-12-8-6-11(7-9-12)15(10-4-2-1-3-5-10)13(19)16-14(20)17-15/h1-9,12,18H,(H-,16,17,19,20)/p+1. The summed E-state index contributed by atoms with van der Waals surface area (Å²) in [5.41, 5.74) is 0.0345. The predicted octanol–water partition coefficient (Wildman–Crippen LogP) is 0.783. The van der Waals surface area contributed by atoms with Gasteiger partial charge in [0.1, 0.15) is 11.6 Å². The minimum atomic E-state index is -1.24. The fraction of sp³-hybridized carbons (Fsp3) is 0.133. The van der Waals surface area contributed by atoms with E-state index in [1.807, 2.05) is 6.07 Å². The number of carbonyl (C=O) groups is 2. The molecule has 1 aromatic carbocycles. The van der Waals surface area contributed by atoms with Crippen LogP contribution in [-0.4, -0.2) is 23.1 Å². The second kappa shape index (κ2) is 4.54. The lowest BCUT2D eigenvalue weighted by Gasteiger charge is -2.24. The summed E-state index contributed by atoms with van der Waals surface area (Å²) in [6.45, 7) is 0. The minimum Gasteiger partial charge on any atom is -0.367 e. The summed E-state index contributed by atoms with van der Waals surface area (Å²) in [7, 11) is 0. The normalized spacial score (nSPS) is 28.4. The first-order valence-electron chi connectivity index (χ1n) is 6.24. The molecule has 0 radical (unpaired) electrons. The lowest BCUT2D eigenvalue weighted by molar-refractivity contribution is -0.122. The van der Waals surface area contributed by atoms with Crippen molar-refractivity contribution < 1.29 is 14.7 Å². The van der Waals surface area contributed by atoms with Gasteiger partial charge in [0.25, 0.3) is 5.91 Å². The third kappa shape index (κ3) is 1.80. The molecule has 1 heterocycles. The molecule has 5 heteroatoms. The van der Waals surface area contributed by atoms with Gasteiger partial charge in [0.05, 0.1) is 6.42 Å². The van der Waals surface area contributed by atoms with E-state index in [0.717, 1.165) is 0 Å². The van der Waals surface area contributed by atoms with Gasteiger partial charge in [-0.2, -0.15) is 0 Å². The van der Waals surface area contributed by atoms with E-state index < -0.39 is 23.6 Å². The topological polar surface area (TPSA) is 78.4 Å². The van der Waals surface area contributed by atoms with E-state index in [9.17, 15) is 14.7 Å². The van der Waals surface area contributed by atoms with E-state index in [4.69, 9.17) is 0 Å². The average molecular weight is 269 g/mol. The third-order valence-electron chi connectivity index (χ3n) is 3.45. The number of benzene rings is 1. The average Bonchev–Trinajstić information content (AvgIpc) is 2.76. The van der Waals surface area contributed by atoms with Gasteiger partial charge in [-0.3, -0.25) is 15.4 Å². The quantitative estimate of drug-likeness (QED) is 0.548. The molecule has 0 bridgehead atoms. The van der Waals surface area contributed by atoms with Crippen LogP contribution in [0.25, 0.3) is 0 Å². The van der Waals surface area contributed by atoms with Gasteiger partial charge in [0.15, 0.2) is 6.10 Å². The second-order valence-corrected chi connectivity index (χ2v) is 4.69. The number of hydrogen-bond acceptors (Lipinski definition) is 3. The lowest BCUT2D eigenvalue weighted by atomic mass is 9.80. The zero-order valence-corrected chi connectivity index (χ0v) is 10.5. The van der Waals surface area contributed by atoms with Crippen LogP contribution in [0.4, 0.5) is 4.79 Å². The van der Waals surface area contributed by atoms with Crippen LogP contribution in [0.2, 0.25) is 0 Å². The Morgan fingerprint density at radius 3 is 2.50 bits per heavy atom. The molecule has 0 spiro atoms. The second-order valence-electron chi connectivity index (χ2n) is 4.69. The van der Waals surface area contributed by atoms with Crippen LogP contribution < -0.4 is 10.6 Å². The Labute approximate surface area is 116 Å². The number of hydrogen-bond donors (Lipinski definition) is 3. The Balaban J connectivity index is 2.13.